The lowest BCUT2D eigenvalue weighted by molar-refractivity contribution is 0.0653. The molecule has 16 heteroatoms. The summed E-state index contributed by atoms with van der Waals surface area (Å²) in [7, 11) is 0. The average Bonchev–Trinajstić information content (AvgIpc) is 3.87. The molecule has 0 radical (unpaired) electrons. The van der Waals surface area contributed by atoms with Crippen LogP contribution in [0.5, 0.6) is 5.75 Å². The number of pyridine rings is 3. The number of carbonyl (C=O) groups excluding carboxylic acids is 3. The van der Waals surface area contributed by atoms with Crippen LogP contribution in [0.4, 0.5) is 14.5 Å². The van der Waals surface area contributed by atoms with Crippen molar-refractivity contribution in [3.8, 4) is 16.9 Å². The number of anilines is 1. The molecule has 1 atom stereocenters. The minimum atomic E-state index is -1.11. The van der Waals surface area contributed by atoms with Gasteiger partial charge in [0, 0.05) is 93.2 Å². The van der Waals surface area contributed by atoms with Crippen molar-refractivity contribution in [1.82, 2.24) is 44.4 Å². The first-order chi connectivity index (χ1) is 29.9. The molecule has 3 aliphatic rings. The van der Waals surface area contributed by atoms with Gasteiger partial charge in [0.1, 0.15) is 23.9 Å². The molecule has 1 unspecified atom stereocenters. The van der Waals surface area contributed by atoms with Crippen LogP contribution in [-0.2, 0) is 19.4 Å². The fraction of sp³-hybridized carbons (Fsp3) is 0.244. The Morgan fingerprint density at radius 1 is 0.820 bits per heavy atom. The Bertz CT molecular complexity index is 2740. The number of carbonyl (C=O) groups is 3. The number of rotatable bonds is 10. The van der Waals surface area contributed by atoms with E-state index >= 15 is 0 Å². The number of imide groups is 1. The quantitative estimate of drug-likeness (QED) is 0.174. The van der Waals surface area contributed by atoms with E-state index in [-0.39, 0.29) is 35.9 Å². The molecule has 0 spiro atoms. The van der Waals surface area contributed by atoms with Crippen LogP contribution in [-0.4, -0.2) is 109 Å². The molecule has 61 heavy (non-hydrogen) atoms. The number of hydrogen-bond donors (Lipinski definition) is 1. The number of nitrogens with zero attached hydrogens (tertiary/aromatic N) is 9. The van der Waals surface area contributed by atoms with Gasteiger partial charge in [0.25, 0.3) is 17.7 Å². The second kappa shape index (κ2) is 17.2. The van der Waals surface area contributed by atoms with Crippen molar-refractivity contribution in [2.45, 2.75) is 25.6 Å². The Balaban J connectivity index is 0.000000156. The van der Waals surface area contributed by atoms with Gasteiger partial charge in [0.2, 0.25) is 6.86 Å². The summed E-state index contributed by atoms with van der Waals surface area (Å²) in [5.41, 5.74) is 6.95. The number of hydrogen-bond acceptors (Lipinski definition) is 11. The Hall–Kier alpha value is -7.20. The van der Waals surface area contributed by atoms with E-state index in [9.17, 15) is 23.2 Å². The van der Waals surface area contributed by atoms with Gasteiger partial charge < -0.3 is 24.3 Å². The van der Waals surface area contributed by atoms with Gasteiger partial charge >= 0.3 is 0 Å². The SMILES string of the molecule is O=C1c2c(N3CCNCC(F)C3)ccnc2CN1CCc1ccc2ccccc2n1.O=C1c2c(OCF)ccc(-c3cncnc3)c2C(=O)N1CCc1cn2ccccc2n1. The molecule has 3 aliphatic heterocycles. The van der Waals surface area contributed by atoms with Crippen LogP contribution in [0.15, 0.2) is 110 Å². The van der Waals surface area contributed by atoms with Crippen LogP contribution in [0, 0.1) is 0 Å². The number of alkyl halides is 2. The number of amides is 3. The normalized spacial score (nSPS) is 16.1. The molecule has 0 saturated carbocycles. The van der Waals surface area contributed by atoms with Crippen molar-refractivity contribution in [2.75, 3.05) is 51.0 Å². The van der Waals surface area contributed by atoms with E-state index in [2.05, 4.69) is 31.3 Å². The van der Waals surface area contributed by atoms with Crippen LogP contribution < -0.4 is 15.0 Å². The minimum absolute atomic E-state index is 0.0264. The van der Waals surface area contributed by atoms with Crippen LogP contribution >= 0.6 is 0 Å². The molecule has 1 saturated heterocycles. The summed E-state index contributed by atoms with van der Waals surface area (Å²) >= 11 is 0. The van der Waals surface area contributed by atoms with Gasteiger partial charge in [-0.2, -0.15) is 0 Å². The Morgan fingerprint density at radius 3 is 2.49 bits per heavy atom. The Labute approximate surface area is 348 Å². The molecule has 10 rings (SSSR count). The smallest absolute Gasteiger partial charge is 0.265 e. The zero-order valence-electron chi connectivity index (χ0n) is 33.0. The highest BCUT2D eigenvalue weighted by atomic mass is 19.1. The summed E-state index contributed by atoms with van der Waals surface area (Å²) in [4.78, 5) is 66.1. The van der Waals surface area contributed by atoms with Gasteiger partial charge in [-0.05, 0) is 48.0 Å². The third kappa shape index (κ3) is 7.96. The van der Waals surface area contributed by atoms with Crippen molar-refractivity contribution in [3.05, 3.63) is 144 Å². The fourth-order valence-corrected chi connectivity index (χ4v) is 8.06. The highest BCUT2D eigenvalue weighted by molar-refractivity contribution is 6.25. The third-order valence-electron chi connectivity index (χ3n) is 11.0. The van der Waals surface area contributed by atoms with E-state index < -0.39 is 24.8 Å². The number of para-hydroxylation sites is 1. The fourth-order valence-electron chi connectivity index (χ4n) is 8.06. The second-order valence-corrected chi connectivity index (χ2v) is 14.8. The number of nitrogens with one attached hydrogen (secondary N) is 1. The van der Waals surface area contributed by atoms with Gasteiger partial charge in [-0.3, -0.25) is 29.3 Å². The maximum atomic E-state index is 14.1. The third-order valence-corrected chi connectivity index (χ3v) is 11.0. The van der Waals surface area contributed by atoms with E-state index in [0.717, 1.165) is 44.2 Å². The molecule has 1 fully saturated rings. The van der Waals surface area contributed by atoms with Gasteiger partial charge in [0.15, 0.2) is 0 Å². The molecule has 0 aliphatic carbocycles. The number of benzene rings is 2. The van der Waals surface area contributed by atoms with E-state index in [1.165, 1.54) is 12.4 Å². The molecule has 308 valence electrons. The predicted octanol–water partition coefficient (Wildman–Crippen LogP) is 5.51. The first-order valence-electron chi connectivity index (χ1n) is 20.0. The first kappa shape index (κ1) is 39.3. The number of halogens is 2. The number of fused-ring (bicyclic) bond motifs is 4. The van der Waals surface area contributed by atoms with Crippen LogP contribution in [0.3, 0.4) is 0 Å². The number of aromatic nitrogens is 6. The zero-order valence-corrected chi connectivity index (χ0v) is 33.0. The highest BCUT2D eigenvalue weighted by Gasteiger charge is 2.40. The van der Waals surface area contributed by atoms with Crippen LogP contribution in [0.25, 0.3) is 27.7 Å². The average molecular weight is 823 g/mol. The summed E-state index contributed by atoms with van der Waals surface area (Å²) in [6, 6.07) is 22.7. The van der Waals surface area contributed by atoms with E-state index in [1.807, 2.05) is 81.2 Å². The Kier molecular flexibility index (Phi) is 11.1. The molecular formula is C45H40F2N10O4. The maximum absolute atomic E-state index is 14.1. The van der Waals surface area contributed by atoms with Crippen molar-refractivity contribution >= 4 is 40.0 Å². The summed E-state index contributed by atoms with van der Waals surface area (Å²) in [6.45, 7) is 2.10. The van der Waals surface area contributed by atoms with Gasteiger partial charge in [-0.25, -0.2) is 23.7 Å². The lowest BCUT2D eigenvalue weighted by Crippen LogP contribution is -2.33. The molecule has 0 bridgehead atoms. The summed E-state index contributed by atoms with van der Waals surface area (Å²) in [5, 5.41) is 4.21. The van der Waals surface area contributed by atoms with E-state index in [0.29, 0.717) is 62.3 Å². The van der Waals surface area contributed by atoms with Crippen molar-refractivity contribution in [3.63, 3.8) is 0 Å². The molecule has 5 aromatic heterocycles. The lowest BCUT2D eigenvalue weighted by atomic mass is 9.97. The molecule has 2 aromatic carbocycles. The highest BCUT2D eigenvalue weighted by Crippen LogP contribution is 2.38. The van der Waals surface area contributed by atoms with Crippen molar-refractivity contribution in [1.29, 1.82) is 0 Å². The molecule has 1 N–H and O–H groups in total. The monoisotopic (exact) mass is 822 g/mol. The van der Waals surface area contributed by atoms with E-state index in [4.69, 9.17) is 9.72 Å². The molecule has 7 aromatic rings. The van der Waals surface area contributed by atoms with Gasteiger partial charge in [0.05, 0.1) is 52.4 Å². The largest absolute Gasteiger partial charge is 0.462 e. The zero-order chi connectivity index (χ0) is 41.9. The summed E-state index contributed by atoms with van der Waals surface area (Å²) in [6.07, 6.45) is 10.0. The second-order valence-electron chi connectivity index (χ2n) is 14.8. The minimum Gasteiger partial charge on any atom is -0.462 e. The van der Waals surface area contributed by atoms with Gasteiger partial charge in [-0.15, -0.1) is 0 Å². The standard InChI is InChI=1S/C23H24FN5O.C22H16FN5O3/c24-17-13-25-10-12-28(14-17)21-7-9-26-20-15-29(23(30)22(20)21)11-8-18-6-5-16-3-1-2-4-19(16)27-18;23-12-31-17-5-4-16(14-9-24-13-25-10-14)19-20(17)22(30)28(21(19)29)8-6-15-11-27-7-2-1-3-18(27)26-15/h1-7,9,17,25H,8,10-15H2;1-5,7,9-11,13H,6,8,12H2. The molecular weight excluding hydrogens is 783 g/mol. The van der Waals surface area contributed by atoms with Crippen LogP contribution in [0.1, 0.15) is 48.2 Å². The number of ether oxygens (including phenoxy) is 1. The molecule has 8 heterocycles. The molecule has 3 amide bonds. The summed E-state index contributed by atoms with van der Waals surface area (Å²) < 4.78 is 33.9. The van der Waals surface area contributed by atoms with Crippen molar-refractivity contribution < 1.29 is 27.9 Å². The van der Waals surface area contributed by atoms with Crippen LogP contribution in [0.2, 0.25) is 0 Å². The Morgan fingerprint density at radius 2 is 1.64 bits per heavy atom. The number of imidazole rings is 1. The summed E-state index contributed by atoms with van der Waals surface area (Å²) in [5.74, 6) is -0.981. The lowest BCUT2D eigenvalue weighted by Gasteiger charge is -2.25. The van der Waals surface area contributed by atoms with E-state index in [1.54, 1.807) is 24.7 Å². The van der Waals surface area contributed by atoms with Crippen molar-refractivity contribution in [2.24, 2.45) is 0 Å². The topological polar surface area (TPSA) is 151 Å². The maximum Gasteiger partial charge on any atom is 0.265 e. The predicted molar refractivity (Wildman–Crippen MR) is 223 cm³/mol. The molecule has 14 nitrogen and oxygen atoms in total. The first-order valence-corrected chi connectivity index (χ1v) is 20.0. The van der Waals surface area contributed by atoms with Gasteiger partial charge in [-0.1, -0.05) is 30.3 Å².